The van der Waals surface area contributed by atoms with Gasteiger partial charge in [-0.15, -0.1) is 0 Å². The number of aliphatic imine (C=N–C) groups is 1. The second kappa shape index (κ2) is 10.5. The molecule has 6 N–H and O–H groups in total. The van der Waals surface area contributed by atoms with Crippen LogP contribution in [-0.4, -0.2) is 48.7 Å². The molecule has 0 aliphatic carbocycles. The Bertz CT molecular complexity index is 677. The molecule has 0 unspecified atom stereocenters. The van der Waals surface area contributed by atoms with Gasteiger partial charge in [0.15, 0.2) is 5.96 Å². The Labute approximate surface area is 146 Å². The summed E-state index contributed by atoms with van der Waals surface area (Å²) in [6.45, 7) is 1.73. The van der Waals surface area contributed by atoms with Gasteiger partial charge in [-0.25, -0.2) is 14.6 Å². The number of halogens is 3. The molecule has 26 heavy (non-hydrogen) atoms. The van der Waals surface area contributed by atoms with Crippen molar-refractivity contribution in [2.75, 3.05) is 18.9 Å². The summed E-state index contributed by atoms with van der Waals surface area (Å²) in [6, 6.07) is 6.91. The molecule has 0 spiro atoms. The predicted molar refractivity (Wildman–Crippen MR) is 87.6 cm³/mol. The molecule has 1 aromatic rings. The molecule has 12 heteroatoms. The van der Waals surface area contributed by atoms with Gasteiger partial charge in [-0.2, -0.15) is 13.2 Å². The zero-order valence-electron chi connectivity index (χ0n) is 13.8. The number of anilines is 1. The molecule has 0 aliphatic rings. The summed E-state index contributed by atoms with van der Waals surface area (Å²) in [4.78, 5) is 35.2. The number of nitrogens with zero attached hydrogens (tertiary/aromatic N) is 1. The normalized spacial score (nSPS) is 10.9. The van der Waals surface area contributed by atoms with Crippen molar-refractivity contribution < 1.29 is 32.7 Å². The number of hydrogen-bond acceptors (Lipinski definition) is 4. The summed E-state index contributed by atoms with van der Waals surface area (Å²) in [6.07, 6.45) is -5.08. The topological polar surface area (TPSA) is 146 Å². The standard InChI is InChI=1S/C12H17N5O2.C2HF3O2/c1-8-5-3-4-6-9(8)16-10(18)7-15-11(13)17-12(19)14-2;3-2(4,5)1(6)7/h3-6H,7H2,1-2H3,(H,16,18)(H4,13,14,15,17,19);(H,6,7). The van der Waals surface area contributed by atoms with Crippen molar-refractivity contribution in [1.82, 2.24) is 10.6 Å². The van der Waals surface area contributed by atoms with Crippen LogP contribution in [0.3, 0.4) is 0 Å². The van der Waals surface area contributed by atoms with E-state index in [9.17, 15) is 22.8 Å². The van der Waals surface area contributed by atoms with E-state index in [0.29, 0.717) is 0 Å². The molecule has 0 aromatic heterocycles. The molecule has 0 fully saturated rings. The summed E-state index contributed by atoms with van der Waals surface area (Å²) in [5.74, 6) is -3.18. The van der Waals surface area contributed by atoms with Crippen LogP contribution >= 0.6 is 0 Å². The number of rotatable bonds is 3. The fraction of sp³-hybridized carbons (Fsp3) is 0.286. The number of guanidine groups is 1. The van der Waals surface area contributed by atoms with Gasteiger partial charge in [0.25, 0.3) is 0 Å². The third-order valence-corrected chi connectivity index (χ3v) is 2.52. The molecule has 9 nitrogen and oxygen atoms in total. The van der Waals surface area contributed by atoms with Crippen molar-refractivity contribution in [3.63, 3.8) is 0 Å². The van der Waals surface area contributed by atoms with E-state index in [1.54, 1.807) is 6.07 Å². The molecule has 0 saturated carbocycles. The Morgan fingerprint density at radius 2 is 1.77 bits per heavy atom. The van der Waals surface area contributed by atoms with E-state index in [1.807, 2.05) is 25.1 Å². The number of amides is 3. The molecular weight excluding hydrogens is 359 g/mol. The minimum atomic E-state index is -5.08. The van der Waals surface area contributed by atoms with E-state index in [1.165, 1.54) is 7.05 Å². The summed E-state index contributed by atoms with van der Waals surface area (Å²) in [5, 5.41) is 14.4. The summed E-state index contributed by atoms with van der Waals surface area (Å²) in [5.41, 5.74) is 7.10. The lowest BCUT2D eigenvalue weighted by Gasteiger charge is -2.07. The van der Waals surface area contributed by atoms with Crippen LogP contribution in [0.25, 0.3) is 0 Å². The average Bonchev–Trinajstić information content (AvgIpc) is 2.54. The van der Waals surface area contributed by atoms with Crippen LogP contribution < -0.4 is 21.7 Å². The fourth-order valence-corrected chi connectivity index (χ4v) is 1.28. The van der Waals surface area contributed by atoms with Gasteiger partial charge in [0.1, 0.15) is 6.54 Å². The average molecular weight is 377 g/mol. The number of alkyl halides is 3. The highest BCUT2D eigenvalue weighted by Crippen LogP contribution is 2.13. The van der Waals surface area contributed by atoms with Gasteiger partial charge in [0.05, 0.1) is 0 Å². The monoisotopic (exact) mass is 377 g/mol. The molecule has 144 valence electrons. The van der Waals surface area contributed by atoms with E-state index < -0.39 is 18.2 Å². The number of benzene rings is 1. The second-order valence-electron chi connectivity index (χ2n) is 4.57. The first kappa shape index (κ1) is 22.7. The summed E-state index contributed by atoms with van der Waals surface area (Å²) < 4.78 is 31.7. The van der Waals surface area contributed by atoms with Gasteiger partial charge >= 0.3 is 18.2 Å². The van der Waals surface area contributed by atoms with Gasteiger partial charge in [-0.3, -0.25) is 10.1 Å². The lowest BCUT2D eigenvalue weighted by molar-refractivity contribution is -0.192. The SMILES string of the molecule is CNC(=O)NC(N)=NCC(=O)Nc1ccccc1C.O=C(O)C(F)(F)F. The molecule has 0 aliphatic heterocycles. The smallest absolute Gasteiger partial charge is 0.475 e. The first-order chi connectivity index (χ1) is 12.0. The largest absolute Gasteiger partial charge is 0.490 e. The van der Waals surface area contributed by atoms with E-state index in [2.05, 4.69) is 20.9 Å². The quantitative estimate of drug-likeness (QED) is 0.391. The Morgan fingerprint density at radius 3 is 2.23 bits per heavy atom. The maximum absolute atomic E-state index is 11.6. The Morgan fingerprint density at radius 1 is 1.23 bits per heavy atom. The van der Waals surface area contributed by atoms with Gasteiger partial charge in [-0.1, -0.05) is 18.2 Å². The van der Waals surface area contributed by atoms with Gasteiger partial charge < -0.3 is 21.5 Å². The van der Waals surface area contributed by atoms with Crippen LogP contribution in [0, 0.1) is 6.92 Å². The summed E-state index contributed by atoms with van der Waals surface area (Å²) >= 11 is 0. The highest BCUT2D eigenvalue weighted by molar-refractivity contribution is 5.98. The number of carboxylic acid groups (broad SMARTS) is 1. The minimum absolute atomic E-state index is 0.112. The van der Waals surface area contributed by atoms with Crippen LogP contribution in [-0.2, 0) is 9.59 Å². The third kappa shape index (κ3) is 9.75. The van der Waals surface area contributed by atoms with Crippen molar-refractivity contribution in [3.05, 3.63) is 29.8 Å². The van der Waals surface area contributed by atoms with Crippen molar-refractivity contribution in [1.29, 1.82) is 0 Å². The number of carboxylic acids is 1. The predicted octanol–water partition coefficient (Wildman–Crippen LogP) is 0.811. The Balaban J connectivity index is 0.000000758. The number of urea groups is 1. The van der Waals surface area contributed by atoms with E-state index in [-0.39, 0.29) is 18.4 Å². The first-order valence-corrected chi connectivity index (χ1v) is 6.91. The first-order valence-electron chi connectivity index (χ1n) is 6.91. The maximum atomic E-state index is 11.6. The molecule has 3 amide bonds. The molecule has 0 saturated heterocycles. The zero-order chi connectivity index (χ0) is 20.3. The van der Waals surface area contributed by atoms with Gasteiger partial charge in [0, 0.05) is 12.7 Å². The second-order valence-corrected chi connectivity index (χ2v) is 4.57. The molecule has 0 radical (unpaired) electrons. The summed E-state index contributed by atoms with van der Waals surface area (Å²) in [7, 11) is 1.45. The number of nitrogens with one attached hydrogen (secondary N) is 3. The number of aryl methyl sites for hydroxylation is 1. The van der Waals surface area contributed by atoms with E-state index in [0.717, 1.165) is 11.3 Å². The lowest BCUT2D eigenvalue weighted by Crippen LogP contribution is -2.42. The minimum Gasteiger partial charge on any atom is -0.475 e. The van der Waals surface area contributed by atoms with E-state index >= 15 is 0 Å². The molecule has 1 rings (SSSR count). The number of carbonyl (C=O) groups excluding carboxylic acids is 2. The Kier molecular flexibility index (Phi) is 9.19. The number of nitrogens with two attached hydrogens (primary N) is 1. The third-order valence-electron chi connectivity index (χ3n) is 2.52. The molecule has 0 atom stereocenters. The van der Waals surface area contributed by atoms with Gasteiger partial charge in [0.2, 0.25) is 5.91 Å². The lowest BCUT2D eigenvalue weighted by atomic mass is 10.2. The Hall–Kier alpha value is -3.31. The zero-order valence-corrected chi connectivity index (χ0v) is 13.8. The van der Waals surface area contributed by atoms with Crippen molar-refractivity contribution in [2.45, 2.75) is 13.1 Å². The molecule has 0 bridgehead atoms. The van der Waals surface area contributed by atoms with Crippen LogP contribution in [0.4, 0.5) is 23.7 Å². The number of carbonyl (C=O) groups is 3. The van der Waals surface area contributed by atoms with Crippen LogP contribution in [0.5, 0.6) is 0 Å². The van der Waals surface area contributed by atoms with E-state index in [4.69, 9.17) is 15.6 Å². The highest BCUT2D eigenvalue weighted by Gasteiger charge is 2.38. The molecule has 1 aromatic carbocycles. The van der Waals surface area contributed by atoms with Crippen LogP contribution in [0.1, 0.15) is 5.56 Å². The highest BCUT2D eigenvalue weighted by atomic mass is 19.4. The number of para-hydroxylation sites is 1. The number of hydrogen-bond donors (Lipinski definition) is 5. The van der Waals surface area contributed by atoms with Crippen LogP contribution in [0.2, 0.25) is 0 Å². The van der Waals surface area contributed by atoms with Gasteiger partial charge in [-0.05, 0) is 18.6 Å². The van der Waals surface area contributed by atoms with Crippen molar-refractivity contribution in [2.24, 2.45) is 10.7 Å². The molecule has 0 heterocycles. The molecular formula is C14H18F3N5O4. The van der Waals surface area contributed by atoms with Crippen LogP contribution in [0.15, 0.2) is 29.3 Å². The van der Waals surface area contributed by atoms with Crippen molar-refractivity contribution >= 4 is 29.6 Å². The van der Waals surface area contributed by atoms with Crippen molar-refractivity contribution in [3.8, 4) is 0 Å². The fourth-order valence-electron chi connectivity index (χ4n) is 1.28. The number of aliphatic carboxylic acids is 1. The maximum Gasteiger partial charge on any atom is 0.490 e.